The first-order chi connectivity index (χ1) is 13.8. The number of rotatable bonds is 7. The number of aromatic carboxylic acids is 1. The molecule has 148 valence electrons. The first-order valence-electron chi connectivity index (χ1n) is 8.63. The smallest absolute Gasteiger partial charge is 0.335 e. The number of carbonyl (C=O) groups is 2. The van der Waals surface area contributed by atoms with Crippen LogP contribution in [0.2, 0.25) is 0 Å². The first kappa shape index (κ1) is 20.2. The van der Waals surface area contributed by atoms with Gasteiger partial charge in [-0.25, -0.2) is 17.9 Å². The van der Waals surface area contributed by atoms with Crippen molar-refractivity contribution in [1.82, 2.24) is 4.72 Å². The van der Waals surface area contributed by atoms with Crippen molar-refractivity contribution in [2.24, 2.45) is 0 Å². The van der Waals surface area contributed by atoms with Gasteiger partial charge in [-0.15, -0.1) is 0 Å². The average Bonchev–Trinajstić information content (AvgIpc) is 2.73. The summed E-state index contributed by atoms with van der Waals surface area (Å²) in [6.45, 7) is 0.127. The van der Waals surface area contributed by atoms with E-state index < -0.39 is 21.9 Å². The van der Waals surface area contributed by atoms with Gasteiger partial charge in [0.05, 0.1) is 10.5 Å². The van der Waals surface area contributed by atoms with E-state index in [1.807, 2.05) is 18.2 Å². The number of carboxylic acids is 1. The van der Waals surface area contributed by atoms with Crippen LogP contribution in [-0.2, 0) is 16.6 Å². The highest BCUT2D eigenvalue weighted by atomic mass is 32.2. The lowest BCUT2D eigenvalue weighted by Crippen LogP contribution is -2.23. The number of hydrogen-bond acceptors (Lipinski definition) is 4. The van der Waals surface area contributed by atoms with E-state index in [1.54, 1.807) is 18.2 Å². The summed E-state index contributed by atoms with van der Waals surface area (Å²) in [5.41, 5.74) is 1.27. The zero-order valence-corrected chi connectivity index (χ0v) is 16.0. The molecular weight excluding hydrogens is 392 g/mol. The summed E-state index contributed by atoms with van der Waals surface area (Å²) in [7, 11) is -3.81. The van der Waals surface area contributed by atoms with E-state index >= 15 is 0 Å². The molecule has 0 saturated heterocycles. The molecule has 3 aromatic carbocycles. The summed E-state index contributed by atoms with van der Waals surface area (Å²) in [5, 5.41) is 11.6. The molecule has 0 atom stereocenters. The Morgan fingerprint density at radius 2 is 1.52 bits per heavy atom. The van der Waals surface area contributed by atoms with Gasteiger partial charge in [0, 0.05) is 17.8 Å². The standard InChI is InChI=1S/C21H18N2O5S/c24-20(23-18-10-4-9-17(12-18)21(25)26)16-8-5-11-19(13-16)29(27,28)22-14-15-6-2-1-3-7-15/h1-13,22H,14H2,(H,23,24)(H,25,26). The largest absolute Gasteiger partial charge is 0.478 e. The fourth-order valence-corrected chi connectivity index (χ4v) is 3.66. The minimum absolute atomic E-state index is 0.0317. The molecule has 0 aromatic heterocycles. The van der Waals surface area contributed by atoms with Crippen molar-refractivity contribution in [2.45, 2.75) is 11.4 Å². The number of benzene rings is 3. The summed E-state index contributed by atoms with van der Waals surface area (Å²) in [4.78, 5) is 23.5. The number of nitrogens with one attached hydrogen (secondary N) is 2. The van der Waals surface area contributed by atoms with Gasteiger partial charge in [-0.05, 0) is 42.0 Å². The maximum absolute atomic E-state index is 12.6. The summed E-state index contributed by atoms with van der Waals surface area (Å²) in [6.07, 6.45) is 0. The number of anilines is 1. The van der Waals surface area contributed by atoms with Gasteiger partial charge in [-0.1, -0.05) is 42.5 Å². The Morgan fingerprint density at radius 1 is 0.828 bits per heavy atom. The molecule has 8 heteroatoms. The zero-order chi connectivity index (χ0) is 20.9. The Hall–Kier alpha value is -3.49. The quantitative estimate of drug-likeness (QED) is 0.554. The van der Waals surface area contributed by atoms with E-state index in [1.165, 1.54) is 42.5 Å². The number of sulfonamides is 1. The number of carboxylic acid groups (broad SMARTS) is 1. The predicted molar refractivity (Wildman–Crippen MR) is 108 cm³/mol. The molecule has 0 fully saturated rings. The molecule has 0 spiro atoms. The van der Waals surface area contributed by atoms with Gasteiger partial charge in [0.15, 0.2) is 0 Å². The lowest BCUT2D eigenvalue weighted by molar-refractivity contribution is 0.0696. The molecule has 3 N–H and O–H groups in total. The molecular formula is C21H18N2O5S. The highest BCUT2D eigenvalue weighted by Gasteiger charge is 2.16. The van der Waals surface area contributed by atoms with Crippen molar-refractivity contribution in [3.8, 4) is 0 Å². The fraction of sp³-hybridized carbons (Fsp3) is 0.0476. The molecule has 0 unspecified atom stereocenters. The van der Waals surface area contributed by atoms with Crippen LogP contribution in [0.1, 0.15) is 26.3 Å². The van der Waals surface area contributed by atoms with Gasteiger partial charge in [0.25, 0.3) is 5.91 Å². The van der Waals surface area contributed by atoms with Gasteiger partial charge >= 0.3 is 5.97 Å². The minimum atomic E-state index is -3.81. The minimum Gasteiger partial charge on any atom is -0.478 e. The molecule has 1 amide bonds. The normalized spacial score (nSPS) is 11.0. The van der Waals surface area contributed by atoms with Crippen LogP contribution < -0.4 is 10.0 Å². The van der Waals surface area contributed by atoms with E-state index in [4.69, 9.17) is 5.11 Å². The summed E-state index contributed by atoms with van der Waals surface area (Å²) >= 11 is 0. The second-order valence-electron chi connectivity index (χ2n) is 6.18. The third kappa shape index (κ3) is 5.28. The van der Waals surface area contributed by atoms with Crippen molar-refractivity contribution < 1.29 is 23.1 Å². The van der Waals surface area contributed by atoms with E-state index in [-0.39, 0.29) is 22.6 Å². The molecule has 0 aliphatic rings. The average molecular weight is 410 g/mol. The SMILES string of the molecule is O=C(O)c1cccc(NC(=O)c2cccc(S(=O)(=O)NCc3ccccc3)c2)c1. The molecule has 0 saturated carbocycles. The molecule has 0 aliphatic carbocycles. The molecule has 7 nitrogen and oxygen atoms in total. The molecule has 3 aromatic rings. The van der Waals surface area contributed by atoms with Gasteiger partial charge in [0.2, 0.25) is 10.0 Å². The third-order valence-corrected chi connectivity index (χ3v) is 5.48. The number of hydrogen-bond donors (Lipinski definition) is 3. The summed E-state index contributed by atoms with van der Waals surface area (Å²) < 4.78 is 27.6. The zero-order valence-electron chi connectivity index (χ0n) is 15.2. The van der Waals surface area contributed by atoms with Crippen LogP contribution in [0.5, 0.6) is 0 Å². The Balaban J connectivity index is 1.75. The van der Waals surface area contributed by atoms with Crippen LogP contribution in [-0.4, -0.2) is 25.4 Å². The van der Waals surface area contributed by atoms with E-state index in [0.29, 0.717) is 5.69 Å². The van der Waals surface area contributed by atoms with E-state index in [0.717, 1.165) is 5.56 Å². The van der Waals surface area contributed by atoms with E-state index in [9.17, 15) is 18.0 Å². The molecule has 0 heterocycles. The number of amides is 1. The second-order valence-corrected chi connectivity index (χ2v) is 7.95. The van der Waals surface area contributed by atoms with Crippen LogP contribution in [0.25, 0.3) is 0 Å². The lowest BCUT2D eigenvalue weighted by atomic mass is 10.2. The van der Waals surface area contributed by atoms with Crippen molar-refractivity contribution in [1.29, 1.82) is 0 Å². The van der Waals surface area contributed by atoms with Crippen LogP contribution in [0, 0.1) is 0 Å². The second kappa shape index (κ2) is 8.68. The lowest BCUT2D eigenvalue weighted by Gasteiger charge is -2.09. The first-order valence-corrected chi connectivity index (χ1v) is 10.1. The molecule has 0 bridgehead atoms. The van der Waals surface area contributed by atoms with Crippen molar-refractivity contribution in [2.75, 3.05) is 5.32 Å². The highest BCUT2D eigenvalue weighted by molar-refractivity contribution is 7.89. The Kier molecular flexibility index (Phi) is 6.06. The van der Waals surface area contributed by atoms with Crippen LogP contribution in [0.3, 0.4) is 0 Å². The Bertz CT molecular complexity index is 1140. The van der Waals surface area contributed by atoms with Crippen molar-refractivity contribution >= 4 is 27.6 Å². The highest BCUT2D eigenvalue weighted by Crippen LogP contribution is 2.16. The van der Waals surface area contributed by atoms with Gasteiger partial charge < -0.3 is 10.4 Å². The van der Waals surface area contributed by atoms with Crippen LogP contribution in [0.4, 0.5) is 5.69 Å². The monoisotopic (exact) mass is 410 g/mol. The maximum atomic E-state index is 12.6. The van der Waals surface area contributed by atoms with Crippen LogP contribution in [0.15, 0.2) is 83.8 Å². The fourth-order valence-electron chi connectivity index (χ4n) is 2.60. The van der Waals surface area contributed by atoms with Gasteiger partial charge in [-0.2, -0.15) is 0 Å². The topological polar surface area (TPSA) is 113 Å². The van der Waals surface area contributed by atoms with E-state index in [2.05, 4.69) is 10.0 Å². The Morgan fingerprint density at radius 3 is 2.24 bits per heavy atom. The number of carbonyl (C=O) groups excluding carboxylic acids is 1. The van der Waals surface area contributed by atoms with Crippen LogP contribution >= 0.6 is 0 Å². The molecule has 29 heavy (non-hydrogen) atoms. The predicted octanol–water partition coefficient (Wildman–Crippen LogP) is 3.12. The Labute approximate surface area is 168 Å². The molecule has 0 radical (unpaired) electrons. The van der Waals surface area contributed by atoms with Gasteiger partial charge in [0.1, 0.15) is 0 Å². The molecule has 0 aliphatic heterocycles. The van der Waals surface area contributed by atoms with Gasteiger partial charge in [-0.3, -0.25) is 4.79 Å². The maximum Gasteiger partial charge on any atom is 0.335 e. The summed E-state index contributed by atoms with van der Waals surface area (Å²) in [5.74, 6) is -1.66. The summed E-state index contributed by atoms with van der Waals surface area (Å²) in [6, 6.07) is 20.5. The van der Waals surface area contributed by atoms with Crippen molar-refractivity contribution in [3.63, 3.8) is 0 Å². The third-order valence-electron chi connectivity index (χ3n) is 4.08. The molecule has 3 rings (SSSR count). The van der Waals surface area contributed by atoms with Crippen molar-refractivity contribution in [3.05, 3.63) is 95.6 Å².